The lowest BCUT2D eigenvalue weighted by Crippen LogP contribution is -2.28. The first-order valence-corrected chi connectivity index (χ1v) is 9.68. The third-order valence-electron chi connectivity index (χ3n) is 4.44. The minimum absolute atomic E-state index is 0.0545. The second kappa shape index (κ2) is 14.3. The zero-order valence-corrected chi connectivity index (χ0v) is 15.0. The summed E-state index contributed by atoms with van der Waals surface area (Å²) in [5.41, 5.74) is 0. The van der Waals surface area contributed by atoms with Gasteiger partial charge in [-0.3, -0.25) is 9.59 Å². The molecule has 1 fully saturated rings. The predicted molar refractivity (Wildman–Crippen MR) is 92.6 cm³/mol. The van der Waals surface area contributed by atoms with E-state index in [4.69, 9.17) is 9.47 Å². The molecule has 1 heterocycles. The molecule has 0 aromatic rings. The number of carbonyl (C=O) groups excluding carboxylic acids is 2. The Kier molecular flexibility index (Phi) is 12.4. The van der Waals surface area contributed by atoms with Gasteiger partial charge >= 0.3 is 11.9 Å². The van der Waals surface area contributed by atoms with Gasteiger partial charge in [0.1, 0.15) is 6.61 Å². The highest BCUT2D eigenvalue weighted by molar-refractivity contribution is 5.70. The second-order valence-electron chi connectivity index (χ2n) is 6.72. The van der Waals surface area contributed by atoms with Crippen LogP contribution in [-0.4, -0.2) is 36.4 Å². The number of esters is 2. The summed E-state index contributed by atoms with van der Waals surface area (Å²) >= 11 is 0. The number of aliphatic hydroxyl groups excluding tert-OH is 1. The van der Waals surface area contributed by atoms with Gasteiger partial charge in [-0.15, -0.1) is 0 Å². The molecule has 1 saturated heterocycles. The minimum atomic E-state index is -0.743. The molecule has 1 N–H and O–H groups in total. The summed E-state index contributed by atoms with van der Waals surface area (Å²) in [6.45, 7) is -0.375. The third-order valence-corrected chi connectivity index (χ3v) is 4.44. The molecule has 1 aliphatic rings. The topological polar surface area (TPSA) is 72.8 Å². The summed E-state index contributed by atoms with van der Waals surface area (Å²) in [5, 5.41) is 9.24. The summed E-state index contributed by atoms with van der Waals surface area (Å²) in [6.07, 6.45) is 13.7. The molecule has 1 rings (SSSR count). The van der Waals surface area contributed by atoms with Crippen LogP contribution in [0.3, 0.4) is 0 Å². The largest absolute Gasteiger partial charge is 0.462 e. The highest BCUT2D eigenvalue weighted by Gasteiger charge is 2.16. The van der Waals surface area contributed by atoms with Crippen LogP contribution in [0.1, 0.15) is 89.9 Å². The molecule has 24 heavy (non-hydrogen) atoms. The van der Waals surface area contributed by atoms with E-state index in [0.717, 1.165) is 32.1 Å². The van der Waals surface area contributed by atoms with Crippen LogP contribution >= 0.6 is 0 Å². The van der Waals surface area contributed by atoms with Crippen molar-refractivity contribution < 1.29 is 24.2 Å². The molecule has 0 aliphatic carbocycles. The molecule has 0 aromatic carbocycles. The highest BCUT2D eigenvalue weighted by Crippen LogP contribution is 2.14. The van der Waals surface area contributed by atoms with E-state index in [2.05, 4.69) is 0 Å². The van der Waals surface area contributed by atoms with E-state index in [-0.39, 0.29) is 25.2 Å². The van der Waals surface area contributed by atoms with Crippen molar-refractivity contribution >= 4 is 11.9 Å². The minimum Gasteiger partial charge on any atom is -0.462 e. The van der Waals surface area contributed by atoms with E-state index in [9.17, 15) is 14.7 Å². The Morgan fingerprint density at radius 3 is 1.58 bits per heavy atom. The smallest absolute Gasteiger partial charge is 0.306 e. The first-order chi connectivity index (χ1) is 11.7. The van der Waals surface area contributed by atoms with Gasteiger partial charge in [0.25, 0.3) is 0 Å². The van der Waals surface area contributed by atoms with Gasteiger partial charge in [-0.05, 0) is 12.8 Å². The van der Waals surface area contributed by atoms with Crippen LogP contribution in [-0.2, 0) is 19.1 Å². The van der Waals surface area contributed by atoms with E-state index < -0.39 is 6.10 Å². The quantitative estimate of drug-likeness (QED) is 0.731. The van der Waals surface area contributed by atoms with Crippen LogP contribution in [0, 0.1) is 0 Å². The summed E-state index contributed by atoms with van der Waals surface area (Å²) in [6, 6.07) is 0. The van der Waals surface area contributed by atoms with Crippen LogP contribution in [0.2, 0.25) is 0 Å². The average molecular weight is 342 g/mol. The molecule has 5 nitrogen and oxygen atoms in total. The Labute approximate surface area is 146 Å². The van der Waals surface area contributed by atoms with Crippen LogP contribution in [0.5, 0.6) is 0 Å². The molecule has 0 bridgehead atoms. The van der Waals surface area contributed by atoms with Crippen LogP contribution in [0.4, 0.5) is 0 Å². The lowest BCUT2D eigenvalue weighted by atomic mass is 10.0. The van der Waals surface area contributed by atoms with Gasteiger partial charge in [-0.2, -0.15) is 0 Å². The fourth-order valence-electron chi connectivity index (χ4n) is 2.93. The molecule has 1 aliphatic heterocycles. The number of rotatable bonds is 1. The van der Waals surface area contributed by atoms with Crippen LogP contribution in [0.25, 0.3) is 0 Å². The van der Waals surface area contributed by atoms with Gasteiger partial charge in [0, 0.05) is 12.8 Å². The molecule has 0 saturated carbocycles. The molecule has 0 spiro atoms. The Hall–Kier alpha value is -1.10. The van der Waals surface area contributed by atoms with Crippen LogP contribution in [0.15, 0.2) is 0 Å². The monoisotopic (exact) mass is 342 g/mol. The van der Waals surface area contributed by atoms with Gasteiger partial charge in [0.2, 0.25) is 0 Å². The van der Waals surface area contributed by atoms with Crippen molar-refractivity contribution in [3.63, 3.8) is 0 Å². The maximum absolute atomic E-state index is 11.7. The van der Waals surface area contributed by atoms with E-state index in [1.165, 1.54) is 44.9 Å². The summed E-state index contributed by atoms with van der Waals surface area (Å²) in [4.78, 5) is 23.4. The van der Waals surface area contributed by atoms with Crippen molar-refractivity contribution in [3.8, 4) is 0 Å². The summed E-state index contributed by atoms with van der Waals surface area (Å²) in [7, 11) is 0. The molecule has 0 aromatic heterocycles. The van der Waals surface area contributed by atoms with Gasteiger partial charge in [-0.1, -0.05) is 64.2 Å². The molecule has 0 radical (unpaired) electrons. The molecular weight excluding hydrogens is 308 g/mol. The first-order valence-electron chi connectivity index (χ1n) is 9.68. The number of hydrogen-bond donors (Lipinski definition) is 1. The van der Waals surface area contributed by atoms with Crippen molar-refractivity contribution in [1.29, 1.82) is 0 Å². The standard InChI is InChI=1S/C19H34O5/c20-15-17-16-23-18(21)13-11-9-7-5-3-1-2-4-6-8-10-12-14-19(22)24-17/h17,20H,1-16H2. The number of hydrogen-bond acceptors (Lipinski definition) is 5. The average Bonchev–Trinajstić information content (AvgIpc) is 2.58. The lowest BCUT2D eigenvalue weighted by molar-refractivity contribution is -0.161. The Morgan fingerprint density at radius 1 is 0.708 bits per heavy atom. The van der Waals surface area contributed by atoms with E-state index in [1.807, 2.05) is 0 Å². The third kappa shape index (κ3) is 11.4. The molecular formula is C19H34O5. The second-order valence-corrected chi connectivity index (χ2v) is 6.72. The maximum Gasteiger partial charge on any atom is 0.306 e. The zero-order chi connectivity index (χ0) is 17.5. The van der Waals surface area contributed by atoms with Gasteiger partial charge in [0.15, 0.2) is 6.10 Å². The SMILES string of the molecule is O=C1CCCCCCCCCCCCCCC(=O)OC(CO)CO1. The Bertz CT molecular complexity index is 343. The van der Waals surface area contributed by atoms with E-state index in [0.29, 0.717) is 12.8 Å². The first kappa shape index (κ1) is 20.9. The molecule has 140 valence electrons. The van der Waals surface area contributed by atoms with Gasteiger partial charge < -0.3 is 14.6 Å². The molecule has 0 amide bonds. The Balaban J connectivity index is 2.34. The number of aliphatic hydroxyl groups is 1. The van der Waals surface area contributed by atoms with Crippen molar-refractivity contribution in [2.45, 2.75) is 96.0 Å². The van der Waals surface area contributed by atoms with Crippen LogP contribution < -0.4 is 0 Å². The zero-order valence-electron chi connectivity index (χ0n) is 15.0. The number of cyclic esters (lactones) is 2. The van der Waals surface area contributed by atoms with Crippen molar-refractivity contribution in [2.24, 2.45) is 0 Å². The van der Waals surface area contributed by atoms with Crippen molar-refractivity contribution in [3.05, 3.63) is 0 Å². The van der Waals surface area contributed by atoms with E-state index >= 15 is 0 Å². The number of carbonyl (C=O) groups is 2. The van der Waals surface area contributed by atoms with E-state index in [1.54, 1.807) is 0 Å². The highest BCUT2D eigenvalue weighted by atomic mass is 16.6. The number of ether oxygens (including phenoxy) is 2. The molecule has 1 atom stereocenters. The fraction of sp³-hybridized carbons (Fsp3) is 0.895. The maximum atomic E-state index is 11.7. The lowest BCUT2D eigenvalue weighted by Gasteiger charge is -2.15. The summed E-state index contributed by atoms with van der Waals surface area (Å²) < 4.78 is 10.3. The normalized spacial score (nSPS) is 24.6. The predicted octanol–water partition coefficient (Wildman–Crippen LogP) is 3.91. The van der Waals surface area contributed by atoms with Gasteiger partial charge in [-0.25, -0.2) is 0 Å². The van der Waals surface area contributed by atoms with Crippen molar-refractivity contribution in [1.82, 2.24) is 0 Å². The Morgan fingerprint density at radius 2 is 1.12 bits per heavy atom. The van der Waals surface area contributed by atoms with Crippen molar-refractivity contribution in [2.75, 3.05) is 13.2 Å². The molecule has 1 unspecified atom stereocenters. The summed E-state index contributed by atoms with van der Waals surface area (Å²) in [5.74, 6) is -0.599. The molecule has 5 heteroatoms. The fourth-order valence-corrected chi connectivity index (χ4v) is 2.93. The van der Waals surface area contributed by atoms with Gasteiger partial charge in [0.05, 0.1) is 6.61 Å².